The molecular formula is C23H50ClN. The second-order valence-electron chi connectivity index (χ2n) is 8.13. The Bertz CT molecular complexity index is 225. The molecule has 0 aliphatic rings. The molecule has 0 atom stereocenters. The first-order chi connectivity index (χ1) is 11.7. The molecule has 0 aliphatic heterocycles. The molecule has 0 amide bonds. The van der Waals surface area contributed by atoms with E-state index in [-0.39, 0.29) is 12.4 Å². The highest BCUT2D eigenvalue weighted by atomic mass is 35.5. The van der Waals surface area contributed by atoms with Crippen LogP contribution in [0.4, 0.5) is 0 Å². The molecule has 25 heavy (non-hydrogen) atoms. The molecule has 0 saturated heterocycles. The molecule has 0 rings (SSSR count). The Hall–Kier alpha value is 0.250. The molecule has 0 saturated carbocycles. The maximum atomic E-state index is 2.36. The van der Waals surface area contributed by atoms with Crippen molar-refractivity contribution >= 4 is 0 Å². The summed E-state index contributed by atoms with van der Waals surface area (Å²) in [6, 6.07) is 0. The van der Waals surface area contributed by atoms with Gasteiger partial charge in [-0.05, 0) is 32.1 Å². The van der Waals surface area contributed by atoms with Crippen LogP contribution in [0.25, 0.3) is 0 Å². The maximum Gasteiger partial charge on any atom is 0.0786 e. The van der Waals surface area contributed by atoms with Gasteiger partial charge in [-0.2, -0.15) is 0 Å². The number of rotatable bonds is 19. The summed E-state index contributed by atoms with van der Waals surface area (Å²) in [5.74, 6) is 0. The molecular weight excluding hydrogens is 326 g/mol. The minimum Gasteiger partial charge on any atom is -1.00 e. The third-order valence-corrected chi connectivity index (χ3v) is 5.58. The summed E-state index contributed by atoms with van der Waals surface area (Å²) >= 11 is 0. The molecule has 0 heterocycles. The predicted octanol–water partition coefficient (Wildman–Crippen LogP) is 4.74. The Morgan fingerprint density at radius 1 is 0.360 bits per heavy atom. The number of unbranched alkanes of at least 4 members (excludes halogenated alkanes) is 11. The van der Waals surface area contributed by atoms with Crippen molar-refractivity contribution in [2.75, 3.05) is 26.2 Å². The lowest BCUT2D eigenvalue weighted by molar-refractivity contribution is -0.928. The van der Waals surface area contributed by atoms with Crippen LogP contribution >= 0.6 is 0 Å². The van der Waals surface area contributed by atoms with E-state index < -0.39 is 0 Å². The molecule has 0 N–H and O–H groups in total. The van der Waals surface area contributed by atoms with Gasteiger partial charge in [0.15, 0.2) is 0 Å². The van der Waals surface area contributed by atoms with Crippen LogP contribution in [0.15, 0.2) is 0 Å². The van der Waals surface area contributed by atoms with E-state index in [2.05, 4.69) is 27.7 Å². The number of hydrogen-bond donors (Lipinski definition) is 0. The fourth-order valence-electron chi connectivity index (χ4n) is 4.38. The number of hydrogen-bond acceptors (Lipinski definition) is 0. The lowest BCUT2D eigenvalue weighted by Gasteiger charge is -2.38. The van der Waals surface area contributed by atoms with Crippen LogP contribution in [0.5, 0.6) is 0 Å². The molecule has 0 spiro atoms. The molecule has 0 aliphatic carbocycles. The molecule has 1 nitrogen and oxygen atoms in total. The van der Waals surface area contributed by atoms with Gasteiger partial charge in [-0.25, -0.2) is 0 Å². The topological polar surface area (TPSA) is 0 Å². The van der Waals surface area contributed by atoms with E-state index >= 15 is 0 Å². The van der Waals surface area contributed by atoms with Gasteiger partial charge in [-0.1, -0.05) is 91.9 Å². The second kappa shape index (κ2) is 20.6. The summed E-state index contributed by atoms with van der Waals surface area (Å²) in [5.41, 5.74) is 0. The Morgan fingerprint density at radius 3 is 1.00 bits per heavy atom. The smallest absolute Gasteiger partial charge is 0.0786 e. The van der Waals surface area contributed by atoms with Crippen molar-refractivity contribution in [2.45, 2.75) is 124 Å². The lowest BCUT2D eigenvalue weighted by atomic mass is 10.0. The SMILES string of the molecule is CCCCCCCCCCCCCC[N+](CCC)(CCC)CCC.[Cl-]. The fourth-order valence-corrected chi connectivity index (χ4v) is 4.38. The van der Waals surface area contributed by atoms with Crippen molar-refractivity contribution in [3.05, 3.63) is 0 Å². The summed E-state index contributed by atoms with van der Waals surface area (Å²) < 4.78 is 1.40. The largest absolute Gasteiger partial charge is 1.00 e. The standard InChI is InChI=1S/C23H50N.ClH/c1-5-9-10-11-12-13-14-15-16-17-18-19-23-24(20-6-2,21-7-3)22-8-4;/h5-23H2,1-4H3;1H/q+1;/p-1. The van der Waals surface area contributed by atoms with Gasteiger partial charge in [0, 0.05) is 0 Å². The van der Waals surface area contributed by atoms with Crippen molar-refractivity contribution < 1.29 is 16.9 Å². The molecule has 0 aromatic heterocycles. The summed E-state index contributed by atoms with van der Waals surface area (Å²) in [6.07, 6.45) is 21.6. The van der Waals surface area contributed by atoms with E-state index in [4.69, 9.17) is 0 Å². The third-order valence-electron chi connectivity index (χ3n) is 5.58. The zero-order valence-corrected chi connectivity index (χ0v) is 19.0. The Morgan fingerprint density at radius 2 is 0.680 bits per heavy atom. The molecule has 0 fully saturated rings. The van der Waals surface area contributed by atoms with Gasteiger partial charge < -0.3 is 16.9 Å². The Kier molecular flexibility index (Phi) is 22.6. The van der Waals surface area contributed by atoms with Crippen molar-refractivity contribution in [1.29, 1.82) is 0 Å². The monoisotopic (exact) mass is 375 g/mol. The van der Waals surface area contributed by atoms with Gasteiger partial charge in [-0.15, -0.1) is 0 Å². The summed E-state index contributed by atoms with van der Waals surface area (Å²) in [4.78, 5) is 0. The van der Waals surface area contributed by atoms with E-state index in [0.29, 0.717) is 0 Å². The second-order valence-corrected chi connectivity index (χ2v) is 8.13. The van der Waals surface area contributed by atoms with Crippen LogP contribution in [0, 0.1) is 0 Å². The van der Waals surface area contributed by atoms with E-state index in [1.54, 1.807) is 0 Å². The summed E-state index contributed by atoms with van der Waals surface area (Å²) in [5, 5.41) is 0. The highest BCUT2D eigenvalue weighted by Crippen LogP contribution is 2.16. The normalized spacial score (nSPS) is 11.5. The van der Waals surface area contributed by atoms with E-state index in [0.717, 1.165) is 0 Å². The molecule has 0 aromatic carbocycles. The van der Waals surface area contributed by atoms with Crippen LogP contribution in [-0.4, -0.2) is 30.7 Å². The zero-order chi connectivity index (χ0) is 17.9. The number of quaternary nitrogens is 1. The number of nitrogens with zero attached hydrogens (tertiary/aromatic N) is 1. The minimum absolute atomic E-state index is 0. The first kappa shape index (κ1) is 27.5. The van der Waals surface area contributed by atoms with Gasteiger partial charge in [0.1, 0.15) is 0 Å². The molecule has 0 aromatic rings. The highest BCUT2D eigenvalue weighted by Gasteiger charge is 2.23. The van der Waals surface area contributed by atoms with E-state index in [1.807, 2.05) is 0 Å². The van der Waals surface area contributed by atoms with Crippen LogP contribution in [-0.2, 0) is 0 Å². The highest BCUT2D eigenvalue weighted by molar-refractivity contribution is 4.50. The first-order valence-corrected chi connectivity index (χ1v) is 11.6. The number of halogens is 1. The summed E-state index contributed by atoms with van der Waals surface area (Å²) in [7, 11) is 0. The van der Waals surface area contributed by atoms with Gasteiger partial charge in [0.2, 0.25) is 0 Å². The quantitative estimate of drug-likeness (QED) is 0.226. The average Bonchev–Trinajstić information content (AvgIpc) is 2.56. The van der Waals surface area contributed by atoms with E-state index in [1.165, 1.54) is 127 Å². The van der Waals surface area contributed by atoms with Gasteiger partial charge >= 0.3 is 0 Å². The Labute approximate surface area is 167 Å². The van der Waals surface area contributed by atoms with Crippen LogP contribution in [0.2, 0.25) is 0 Å². The average molecular weight is 376 g/mol. The van der Waals surface area contributed by atoms with Crippen molar-refractivity contribution in [2.24, 2.45) is 0 Å². The van der Waals surface area contributed by atoms with Gasteiger partial charge in [0.25, 0.3) is 0 Å². The van der Waals surface area contributed by atoms with Crippen molar-refractivity contribution in [1.82, 2.24) is 0 Å². The molecule has 0 radical (unpaired) electrons. The zero-order valence-electron chi connectivity index (χ0n) is 18.3. The molecule has 0 bridgehead atoms. The Balaban J connectivity index is 0. The molecule has 0 unspecified atom stereocenters. The maximum absolute atomic E-state index is 2.36. The van der Waals surface area contributed by atoms with Gasteiger partial charge in [-0.3, -0.25) is 0 Å². The lowest BCUT2D eigenvalue weighted by Crippen LogP contribution is -3.00. The fraction of sp³-hybridized carbons (Fsp3) is 1.00. The molecule has 2 heteroatoms. The minimum atomic E-state index is 0. The molecule has 154 valence electrons. The predicted molar refractivity (Wildman–Crippen MR) is 112 cm³/mol. The van der Waals surface area contributed by atoms with Crippen molar-refractivity contribution in [3.8, 4) is 0 Å². The van der Waals surface area contributed by atoms with Crippen LogP contribution in [0.3, 0.4) is 0 Å². The summed E-state index contributed by atoms with van der Waals surface area (Å²) in [6.45, 7) is 15.0. The van der Waals surface area contributed by atoms with Crippen molar-refractivity contribution in [3.63, 3.8) is 0 Å². The van der Waals surface area contributed by atoms with Gasteiger partial charge in [0.05, 0.1) is 26.2 Å². The van der Waals surface area contributed by atoms with E-state index in [9.17, 15) is 0 Å². The third kappa shape index (κ3) is 16.2. The first-order valence-electron chi connectivity index (χ1n) is 11.6. The van der Waals surface area contributed by atoms with Crippen LogP contribution in [0.1, 0.15) is 124 Å². The van der Waals surface area contributed by atoms with Crippen LogP contribution < -0.4 is 12.4 Å².